The summed E-state index contributed by atoms with van der Waals surface area (Å²) in [4.78, 5) is 3.93. The fourth-order valence-corrected chi connectivity index (χ4v) is 2.17. The van der Waals surface area contributed by atoms with Crippen LogP contribution >= 0.6 is 11.6 Å². The number of nitrogens with zero attached hydrogens (tertiary/aromatic N) is 2. The molecular formula is C12H12ClN3O3. The lowest BCUT2D eigenvalue weighted by molar-refractivity contribution is 0.297. The second kappa shape index (κ2) is 5.07. The molecule has 0 radical (unpaired) electrons. The number of aromatic nitrogens is 2. The smallest absolute Gasteiger partial charge is 0.213 e. The summed E-state index contributed by atoms with van der Waals surface area (Å²) in [5, 5.41) is 4.19. The molecule has 1 atom stereocenters. The molecule has 1 unspecified atom stereocenters. The van der Waals surface area contributed by atoms with Crippen LogP contribution in [0.15, 0.2) is 23.0 Å². The number of ether oxygens (including phenoxy) is 2. The van der Waals surface area contributed by atoms with Gasteiger partial charge >= 0.3 is 0 Å². The Hall–Kier alpha value is -1.79. The van der Waals surface area contributed by atoms with E-state index in [0.29, 0.717) is 35.6 Å². The van der Waals surface area contributed by atoms with Gasteiger partial charge in [0.05, 0.1) is 24.3 Å². The minimum absolute atomic E-state index is 0.394. The third-order valence-corrected chi connectivity index (χ3v) is 3.12. The van der Waals surface area contributed by atoms with Crippen LogP contribution in [0.5, 0.6) is 11.5 Å². The molecule has 1 aliphatic heterocycles. The van der Waals surface area contributed by atoms with E-state index in [0.717, 1.165) is 12.0 Å². The number of fused-ring (bicyclic) bond motifs is 1. The van der Waals surface area contributed by atoms with Gasteiger partial charge in [-0.1, -0.05) is 16.8 Å². The number of hydrogen-bond acceptors (Lipinski definition) is 6. The van der Waals surface area contributed by atoms with Gasteiger partial charge in [-0.05, 0) is 17.7 Å². The normalized spacial score (nSPS) is 15.9. The highest BCUT2D eigenvalue weighted by atomic mass is 35.5. The quantitative estimate of drug-likeness (QED) is 0.905. The van der Waals surface area contributed by atoms with Gasteiger partial charge in [-0.2, -0.15) is 4.98 Å². The van der Waals surface area contributed by atoms with Gasteiger partial charge in [0.1, 0.15) is 0 Å². The molecule has 19 heavy (non-hydrogen) atoms. The molecule has 3 rings (SSSR count). The van der Waals surface area contributed by atoms with Gasteiger partial charge in [-0.15, -0.1) is 0 Å². The third-order valence-electron chi connectivity index (χ3n) is 2.84. The Kier molecular flexibility index (Phi) is 3.27. The maximum Gasteiger partial charge on any atom is 0.213 e. The molecule has 7 heteroatoms. The average molecular weight is 282 g/mol. The minimum atomic E-state index is -0.520. The molecule has 2 N–H and O–H groups in total. The van der Waals surface area contributed by atoms with Crippen LogP contribution in [-0.2, 0) is 0 Å². The van der Waals surface area contributed by atoms with E-state index < -0.39 is 6.04 Å². The van der Waals surface area contributed by atoms with Crippen LogP contribution in [0.1, 0.15) is 23.9 Å². The Morgan fingerprint density at radius 3 is 2.89 bits per heavy atom. The molecule has 2 aromatic rings. The summed E-state index contributed by atoms with van der Waals surface area (Å²) in [6, 6.07) is 3.01. The Balaban J connectivity index is 1.99. The van der Waals surface area contributed by atoms with Crippen molar-refractivity contribution in [2.24, 2.45) is 5.73 Å². The molecule has 1 aromatic heterocycles. The van der Waals surface area contributed by atoms with Crippen molar-refractivity contribution in [3.8, 4) is 11.5 Å². The Morgan fingerprint density at radius 1 is 1.26 bits per heavy atom. The lowest BCUT2D eigenvalue weighted by Crippen LogP contribution is -2.13. The van der Waals surface area contributed by atoms with Gasteiger partial charge in [0, 0.05) is 6.42 Å². The van der Waals surface area contributed by atoms with Gasteiger partial charge < -0.3 is 19.7 Å². The first-order valence-corrected chi connectivity index (χ1v) is 6.24. The number of halogens is 1. The number of nitrogens with two attached hydrogens (primary N) is 1. The van der Waals surface area contributed by atoms with Crippen molar-refractivity contribution in [3.63, 3.8) is 0 Å². The molecule has 100 valence electrons. The van der Waals surface area contributed by atoms with E-state index in [2.05, 4.69) is 14.7 Å². The SMILES string of the molecule is NC(c1cc(Cl)c2c(c1)OCCCO2)c1ncon1. The zero-order chi connectivity index (χ0) is 13.2. The predicted octanol–water partition coefficient (Wildman–Crippen LogP) is 1.93. The van der Waals surface area contributed by atoms with Crippen molar-refractivity contribution >= 4 is 11.6 Å². The largest absolute Gasteiger partial charge is 0.489 e. The van der Waals surface area contributed by atoms with Gasteiger partial charge in [0.15, 0.2) is 17.3 Å². The fourth-order valence-electron chi connectivity index (χ4n) is 1.90. The zero-order valence-corrected chi connectivity index (χ0v) is 10.8. The van der Waals surface area contributed by atoms with Crippen molar-refractivity contribution in [2.75, 3.05) is 13.2 Å². The highest BCUT2D eigenvalue weighted by Gasteiger charge is 2.20. The molecule has 0 fully saturated rings. The summed E-state index contributed by atoms with van der Waals surface area (Å²) < 4.78 is 15.9. The van der Waals surface area contributed by atoms with Gasteiger partial charge in [0.25, 0.3) is 0 Å². The molecule has 6 nitrogen and oxygen atoms in total. The molecule has 1 aliphatic rings. The Bertz CT molecular complexity index is 574. The standard InChI is InChI=1S/C12H12ClN3O3/c13-8-4-7(10(14)12-15-6-19-16-12)5-9-11(8)18-3-1-2-17-9/h4-6,10H,1-3,14H2. The van der Waals surface area contributed by atoms with E-state index in [4.69, 9.17) is 26.8 Å². The highest BCUT2D eigenvalue weighted by molar-refractivity contribution is 6.32. The van der Waals surface area contributed by atoms with E-state index >= 15 is 0 Å². The van der Waals surface area contributed by atoms with Crippen molar-refractivity contribution in [1.82, 2.24) is 10.1 Å². The molecule has 0 spiro atoms. The lowest BCUT2D eigenvalue weighted by Gasteiger charge is -2.14. The van der Waals surface area contributed by atoms with Crippen molar-refractivity contribution in [3.05, 3.63) is 34.9 Å². The molecule has 1 aromatic carbocycles. The van der Waals surface area contributed by atoms with Crippen LogP contribution in [0.2, 0.25) is 5.02 Å². The van der Waals surface area contributed by atoms with E-state index in [1.807, 2.05) is 0 Å². The van der Waals surface area contributed by atoms with E-state index in [1.54, 1.807) is 12.1 Å². The van der Waals surface area contributed by atoms with Crippen LogP contribution < -0.4 is 15.2 Å². The topological polar surface area (TPSA) is 83.4 Å². The summed E-state index contributed by atoms with van der Waals surface area (Å²) in [5.41, 5.74) is 6.81. The maximum absolute atomic E-state index is 6.20. The lowest BCUT2D eigenvalue weighted by atomic mass is 10.1. The Labute approximate surface area is 114 Å². The first kappa shape index (κ1) is 12.3. The fraction of sp³-hybridized carbons (Fsp3) is 0.333. The van der Waals surface area contributed by atoms with Crippen LogP contribution in [0.4, 0.5) is 0 Å². The molecular weight excluding hydrogens is 270 g/mol. The van der Waals surface area contributed by atoms with Gasteiger partial charge in [-0.25, -0.2) is 0 Å². The second-order valence-electron chi connectivity index (χ2n) is 4.15. The summed E-state index contributed by atoms with van der Waals surface area (Å²) >= 11 is 6.20. The minimum Gasteiger partial charge on any atom is -0.489 e. The average Bonchev–Trinajstić information content (AvgIpc) is 2.83. The second-order valence-corrected chi connectivity index (χ2v) is 4.55. The zero-order valence-electron chi connectivity index (χ0n) is 10.0. The summed E-state index contributed by atoms with van der Waals surface area (Å²) in [5.74, 6) is 1.55. The van der Waals surface area contributed by atoms with Gasteiger partial charge in [0.2, 0.25) is 6.39 Å². The van der Waals surface area contributed by atoms with Crippen molar-refractivity contribution in [1.29, 1.82) is 0 Å². The van der Waals surface area contributed by atoms with Crippen molar-refractivity contribution < 1.29 is 14.0 Å². The Morgan fingerprint density at radius 2 is 2.11 bits per heavy atom. The van der Waals surface area contributed by atoms with Crippen LogP contribution in [0.25, 0.3) is 0 Å². The monoisotopic (exact) mass is 281 g/mol. The van der Waals surface area contributed by atoms with Crippen molar-refractivity contribution in [2.45, 2.75) is 12.5 Å². The summed E-state index contributed by atoms with van der Waals surface area (Å²) in [6.07, 6.45) is 2.05. The number of hydrogen-bond donors (Lipinski definition) is 1. The maximum atomic E-state index is 6.20. The molecule has 0 bridgehead atoms. The molecule has 0 aliphatic carbocycles. The molecule has 2 heterocycles. The first-order valence-electron chi connectivity index (χ1n) is 5.86. The van der Waals surface area contributed by atoms with E-state index in [-0.39, 0.29) is 0 Å². The molecule has 0 saturated heterocycles. The third kappa shape index (κ3) is 2.36. The van der Waals surface area contributed by atoms with E-state index in [1.165, 1.54) is 6.39 Å². The van der Waals surface area contributed by atoms with Crippen LogP contribution in [0, 0.1) is 0 Å². The summed E-state index contributed by atoms with van der Waals surface area (Å²) in [6.45, 7) is 1.17. The van der Waals surface area contributed by atoms with Gasteiger partial charge in [-0.3, -0.25) is 0 Å². The molecule has 0 amide bonds. The number of rotatable bonds is 2. The molecule has 0 saturated carbocycles. The predicted molar refractivity (Wildman–Crippen MR) is 67.4 cm³/mol. The summed E-state index contributed by atoms with van der Waals surface area (Å²) in [7, 11) is 0. The highest BCUT2D eigenvalue weighted by Crippen LogP contribution is 2.39. The first-order chi connectivity index (χ1) is 9.25. The van der Waals surface area contributed by atoms with Crippen LogP contribution in [-0.4, -0.2) is 23.4 Å². The van der Waals surface area contributed by atoms with Crippen LogP contribution in [0.3, 0.4) is 0 Å². The van der Waals surface area contributed by atoms with E-state index in [9.17, 15) is 0 Å². The number of benzene rings is 1.